The van der Waals surface area contributed by atoms with E-state index in [0.29, 0.717) is 17.8 Å². The predicted molar refractivity (Wildman–Crippen MR) is 82.8 cm³/mol. The molecule has 0 bridgehead atoms. The molecule has 0 spiro atoms. The highest BCUT2D eigenvalue weighted by molar-refractivity contribution is 5.93. The van der Waals surface area contributed by atoms with E-state index in [2.05, 4.69) is 11.4 Å². The van der Waals surface area contributed by atoms with E-state index in [9.17, 15) is 9.90 Å². The van der Waals surface area contributed by atoms with Gasteiger partial charge in [0.25, 0.3) is 0 Å². The van der Waals surface area contributed by atoms with Crippen molar-refractivity contribution in [2.24, 2.45) is 0 Å². The zero-order valence-electron chi connectivity index (χ0n) is 11.7. The van der Waals surface area contributed by atoms with E-state index in [4.69, 9.17) is 5.26 Å². The van der Waals surface area contributed by atoms with Gasteiger partial charge in [-0.25, -0.2) is 4.79 Å². The number of nitrogens with zero attached hydrogens (tertiary/aromatic N) is 2. The van der Waals surface area contributed by atoms with Gasteiger partial charge in [-0.15, -0.1) is 0 Å². The number of hydrogen-bond acceptors (Lipinski definition) is 3. The Kier molecular flexibility index (Phi) is 3.50. The molecule has 2 N–H and O–H groups in total. The summed E-state index contributed by atoms with van der Waals surface area (Å²) in [5.74, 6) is -0.982. The Hall–Kier alpha value is -3.26. The first-order chi connectivity index (χ1) is 10.7. The van der Waals surface area contributed by atoms with Crippen LogP contribution in [0.5, 0.6) is 0 Å². The number of aromatic nitrogens is 1. The first-order valence-corrected chi connectivity index (χ1v) is 6.75. The lowest BCUT2D eigenvalue weighted by Crippen LogP contribution is -2.11. The zero-order chi connectivity index (χ0) is 15.5. The summed E-state index contributed by atoms with van der Waals surface area (Å²) < 4.78 is 1.64. The van der Waals surface area contributed by atoms with E-state index >= 15 is 0 Å². The number of carboxylic acids is 1. The van der Waals surface area contributed by atoms with Crippen molar-refractivity contribution in [1.82, 2.24) is 4.40 Å². The number of aromatic carboxylic acids is 1. The van der Waals surface area contributed by atoms with Gasteiger partial charge in [-0.2, -0.15) is 5.26 Å². The first-order valence-electron chi connectivity index (χ1n) is 6.75. The van der Waals surface area contributed by atoms with E-state index in [-0.39, 0.29) is 5.69 Å². The topological polar surface area (TPSA) is 77.5 Å². The second-order valence-electron chi connectivity index (χ2n) is 4.87. The molecule has 2 heterocycles. The van der Waals surface area contributed by atoms with Crippen molar-refractivity contribution in [3.63, 3.8) is 0 Å². The standard InChI is InChI=1S/C17H13N3O2/c18-10-12-3-5-13(6-4-12)11-19-15-8-7-14-2-1-9-20(14)16(15)17(21)22/h1-9,19H,11H2,(H,21,22). The SMILES string of the molecule is N#Cc1ccc(CNc2ccc3cccn3c2C(=O)O)cc1. The van der Waals surface area contributed by atoms with Crippen LogP contribution in [0, 0.1) is 11.3 Å². The number of hydrogen-bond donors (Lipinski definition) is 2. The molecule has 0 saturated carbocycles. The predicted octanol–water partition coefficient (Wildman–Crippen LogP) is 3.12. The van der Waals surface area contributed by atoms with Crippen LogP contribution < -0.4 is 5.32 Å². The Morgan fingerprint density at radius 2 is 1.95 bits per heavy atom. The number of fused-ring (bicyclic) bond motifs is 1. The smallest absolute Gasteiger partial charge is 0.355 e. The summed E-state index contributed by atoms with van der Waals surface area (Å²) in [5, 5.41) is 21.4. The Morgan fingerprint density at radius 1 is 1.18 bits per heavy atom. The Labute approximate surface area is 127 Å². The average Bonchev–Trinajstić information content (AvgIpc) is 3.00. The summed E-state index contributed by atoms with van der Waals surface area (Å²) in [4.78, 5) is 11.5. The molecule has 1 aromatic carbocycles. The number of carboxylic acid groups (broad SMARTS) is 1. The van der Waals surface area contributed by atoms with Crippen molar-refractivity contribution in [2.75, 3.05) is 5.32 Å². The Bertz CT molecular complexity index is 873. The van der Waals surface area contributed by atoms with Gasteiger partial charge in [0.15, 0.2) is 5.69 Å². The molecule has 2 aromatic heterocycles. The van der Waals surface area contributed by atoms with Gasteiger partial charge in [-0.05, 0) is 42.0 Å². The molecular weight excluding hydrogens is 278 g/mol. The monoisotopic (exact) mass is 291 g/mol. The molecule has 22 heavy (non-hydrogen) atoms. The summed E-state index contributed by atoms with van der Waals surface area (Å²) >= 11 is 0. The van der Waals surface area contributed by atoms with Crippen molar-refractivity contribution in [1.29, 1.82) is 5.26 Å². The van der Waals surface area contributed by atoms with Crippen LogP contribution in [0.2, 0.25) is 0 Å². The fourth-order valence-electron chi connectivity index (χ4n) is 2.37. The van der Waals surface area contributed by atoms with Crippen molar-refractivity contribution in [2.45, 2.75) is 6.54 Å². The zero-order valence-corrected chi connectivity index (χ0v) is 11.7. The molecular formula is C17H13N3O2. The van der Waals surface area contributed by atoms with Crippen molar-refractivity contribution < 1.29 is 9.90 Å². The number of benzene rings is 1. The van der Waals surface area contributed by atoms with Crippen LogP contribution in [0.15, 0.2) is 54.7 Å². The fourth-order valence-corrected chi connectivity index (χ4v) is 2.37. The van der Waals surface area contributed by atoms with Crippen LogP contribution in [0.3, 0.4) is 0 Å². The highest BCUT2D eigenvalue weighted by Gasteiger charge is 2.14. The van der Waals surface area contributed by atoms with Crippen LogP contribution in [-0.4, -0.2) is 15.5 Å². The molecule has 0 radical (unpaired) electrons. The molecule has 0 unspecified atom stereocenters. The summed E-state index contributed by atoms with van der Waals surface area (Å²) in [7, 11) is 0. The molecule has 0 aliphatic carbocycles. The molecule has 0 aliphatic rings. The lowest BCUT2D eigenvalue weighted by Gasteiger charge is -2.12. The van der Waals surface area contributed by atoms with Gasteiger partial charge in [-0.3, -0.25) is 0 Å². The third-order valence-electron chi connectivity index (χ3n) is 3.47. The third kappa shape index (κ3) is 2.50. The molecule has 3 aromatic rings. The summed E-state index contributed by atoms with van der Waals surface area (Å²) in [6.07, 6.45) is 1.73. The normalized spacial score (nSPS) is 10.3. The van der Waals surface area contributed by atoms with Gasteiger partial charge in [-0.1, -0.05) is 12.1 Å². The molecule has 0 amide bonds. The van der Waals surface area contributed by atoms with Crippen molar-refractivity contribution >= 4 is 17.2 Å². The quantitative estimate of drug-likeness (QED) is 0.774. The second kappa shape index (κ2) is 5.62. The largest absolute Gasteiger partial charge is 0.476 e. The minimum absolute atomic E-state index is 0.205. The second-order valence-corrected chi connectivity index (χ2v) is 4.87. The Balaban J connectivity index is 1.88. The van der Waals surface area contributed by atoms with E-state index in [1.807, 2.05) is 30.3 Å². The molecule has 108 valence electrons. The molecule has 3 rings (SSSR count). The van der Waals surface area contributed by atoms with Crippen molar-refractivity contribution in [3.8, 4) is 6.07 Å². The first kappa shape index (κ1) is 13.7. The van der Waals surface area contributed by atoms with Crippen LogP contribution in [-0.2, 0) is 6.54 Å². The average molecular weight is 291 g/mol. The lowest BCUT2D eigenvalue weighted by atomic mass is 10.1. The van der Waals surface area contributed by atoms with Gasteiger partial charge in [0.2, 0.25) is 0 Å². The molecule has 0 fully saturated rings. The van der Waals surface area contributed by atoms with Crippen LogP contribution in [0.1, 0.15) is 21.6 Å². The Morgan fingerprint density at radius 3 is 2.64 bits per heavy atom. The number of rotatable bonds is 4. The van der Waals surface area contributed by atoms with Crippen LogP contribution >= 0.6 is 0 Å². The van der Waals surface area contributed by atoms with Gasteiger partial charge >= 0.3 is 5.97 Å². The number of carbonyl (C=O) groups is 1. The molecule has 5 nitrogen and oxygen atoms in total. The van der Waals surface area contributed by atoms with Gasteiger partial charge < -0.3 is 14.8 Å². The van der Waals surface area contributed by atoms with E-state index in [0.717, 1.165) is 11.1 Å². The molecule has 0 saturated heterocycles. The number of nitrogens with one attached hydrogen (secondary N) is 1. The van der Waals surface area contributed by atoms with E-state index in [1.54, 1.807) is 28.8 Å². The molecule has 0 aliphatic heterocycles. The van der Waals surface area contributed by atoms with Crippen LogP contribution in [0.25, 0.3) is 5.52 Å². The minimum Gasteiger partial charge on any atom is -0.476 e. The van der Waals surface area contributed by atoms with Gasteiger partial charge in [0.1, 0.15) is 0 Å². The summed E-state index contributed by atoms with van der Waals surface area (Å²) in [6.45, 7) is 0.485. The van der Waals surface area contributed by atoms with E-state index < -0.39 is 5.97 Å². The minimum atomic E-state index is -0.982. The van der Waals surface area contributed by atoms with Gasteiger partial charge in [0.05, 0.1) is 17.3 Å². The highest BCUT2D eigenvalue weighted by atomic mass is 16.4. The maximum absolute atomic E-state index is 11.5. The van der Waals surface area contributed by atoms with Gasteiger partial charge in [0, 0.05) is 18.3 Å². The lowest BCUT2D eigenvalue weighted by molar-refractivity contribution is 0.0690. The summed E-state index contributed by atoms with van der Waals surface area (Å²) in [6, 6.07) is 16.5. The van der Waals surface area contributed by atoms with Crippen LogP contribution in [0.4, 0.5) is 5.69 Å². The van der Waals surface area contributed by atoms with Crippen molar-refractivity contribution in [3.05, 3.63) is 71.5 Å². The maximum atomic E-state index is 11.5. The molecule has 5 heteroatoms. The molecule has 0 atom stereocenters. The number of nitriles is 1. The van der Waals surface area contributed by atoms with E-state index in [1.165, 1.54) is 0 Å². The third-order valence-corrected chi connectivity index (χ3v) is 3.47. The highest BCUT2D eigenvalue weighted by Crippen LogP contribution is 2.20. The number of pyridine rings is 1. The fraction of sp³-hybridized carbons (Fsp3) is 0.0588. The maximum Gasteiger partial charge on any atom is 0.355 e. The number of anilines is 1. The summed E-state index contributed by atoms with van der Waals surface area (Å²) in [5.41, 5.74) is 3.17.